The van der Waals surface area contributed by atoms with Gasteiger partial charge in [0.05, 0.1) is 5.69 Å². The molecule has 0 bridgehead atoms. The SMILES string of the molecule is CCNc1cc(N(CC)c2ccccc2F)nc(C)n1. The minimum Gasteiger partial charge on any atom is -0.370 e. The van der Waals surface area contributed by atoms with Gasteiger partial charge in [-0.3, -0.25) is 0 Å². The van der Waals surface area contributed by atoms with Crippen molar-refractivity contribution in [3.63, 3.8) is 0 Å². The van der Waals surface area contributed by atoms with Crippen molar-refractivity contribution >= 4 is 17.3 Å². The highest BCUT2D eigenvalue weighted by Crippen LogP contribution is 2.27. The van der Waals surface area contributed by atoms with Crippen LogP contribution in [0.1, 0.15) is 19.7 Å². The van der Waals surface area contributed by atoms with E-state index in [1.165, 1.54) is 6.07 Å². The Bertz CT molecular complexity index is 586. The van der Waals surface area contributed by atoms with Crippen molar-refractivity contribution in [2.24, 2.45) is 0 Å². The highest BCUT2D eigenvalue weighted by molar-refractivity contribution is 5.63. The minimum atomic E-state index is -0.254. The normalized spacial score (nSPS) is 10.4. The van der Waals surface area contributed by atoms with Crippen LogP contribution in [-0.4, -0.2) is 23.1 Å². The molecule has 0 atom stereocenters. The molecule has 0 aliphatic heterocycles. The van der Waals surface area contributed by atoms with Crippen LogP contribution in [0.5, 0.6) is 0 Å². The number of anilines is 3. The number of aromatic nitrogens is 2. The van der Waals surface area contributed by atoms with Gasteiger partial charge >= 0.3 is 0 Å². The zero-order valence-corrected chi connectivity index (χ0v) is 12.0. The molecule has 0 saturated heterocycles. The molecule has 0 aliphatic rings. The summed E-state index contributed by atoms with van der Waals surface area (Å²) < 4.78 is 14.0. The van der Waals surface area contributed by atoms with Crippen molar-refractivity contribution in [3.8, 4) is 0 Å². The summed E-state index contributed by atoms with van der Waals surface area (Å²) in [4.78, 5) is 10.6. The first-order chi connectivity index (χ1) is 9.65. The second-order valence-electron chi connectivity index (χ2n) is 4.38. The summed E-state index contributed by atoms with van der Waals surface area (Å²) in [6.07, 6.45) is 0. The lowest BCUT2D eigenvalue weighted by atomic mass is 10.2. The molecular formula is C15H19FN4. The fourth-order valence-corrected chi connectivity index (χ4v) is 2.09. The van der Waals surface area contributed by atoms with Crippen LogP contribution in [0.25, 0.3) is 0 Å². The van der Waals surface area contributed by atoms with Gasteiger partial charge in [0.15, 0.2) is 0 Å². The van der Waals surface area contributed by atoms with Crippen LogP contribution < -0.4 is 10.2 Å². The fraction of sp³-hybridized carbons (Fsp3) is 0.333. The Morgan fingerprint density at radius 1 is 1.20 bits per heavy atom. The molecule has 0 aliphatic carbocycles. The molecule has 4 nitrogen and oxygen atoms in total. The quantitative estimate of drug-likeness (QED) is 0.905. The molecule has 0 spiro atoms. The van der Waals surface area contributed by atoms with E-state index in [1.54, 1.807) is 12.1 Å². The number of rotatable bonds is 5. The number of halogens is 1. The first-order valence-corrected chi connectivity index (χ1v) is 6.77. The second-order valence-corrected chi connectivity index (χ2v) is 4.38. The third-order valence-corrected chi connectivity index (χ3v) is 2.92. The van der Waals surface area contributed by atoms with Gasteiger partial charge in [0.25, 0.3) is 0 Å². The molecule has 0 fully saturated rings. The molecular weight excluding hydrogens is 255 g/mol. The first-order valence-electron chi connectivity index (χ1n) is 6.77. The second kappa shape index (κ2) is 6.32. The molecule has 106 valence electrons. The molecule has 1 aromatic carbocycles. The summed E-state index contributed by atoms with van der Waals surface area (Å²) in [5.41, 5.74) is 0.524. The van der Waals surface area contributed by atoms with Crippen molar-refractivity contribution in [1.29, 1.82) is 0 Å². The summed E-state index contributed by atoms with van der Waals surface area (Å²) in [7, 11) is 0. The molecule has 0 unspecified atom stereocenters. The number of hydrogen-bond acceptors (Lipinski definition) is 4. The van der Waals surface area contributed by atoms with Crippen molar-refractivity contribution in [3.05, 3.63) is 42.0 Å². The maximum atomic E-state index is 14.0. The van der Waals surface area contributed by atoms with E-state index in [4.69, 9.17) is 0 Å². The van der Waals surface area contributed by atoms with Crippen molar-refractivity contribution in [2.75, 3.05) is 23.3 Å². The fourth-order valence-electron chi connectivity index (χ4n) is 2.09. The van der Waals surface area contributed by atoms with Crippen molar-refractivity contribution in [2.45, 2.75) is 20.8 Å². The van der Waals surface area contributed by atoms with Crippen LogP contribution in [0.2, 0.25) is 0 Å². The average molecular weight is 274 g/mol. The zero-order chi connectivity index (χ0) is 14.5. The molecule has 2 aromatic rings. The van der Waals surface area contributed by atoms with Gasteiger partial charge in [0, 0.05) is 19.2 Å². The number of aryl methyl sites for hydroxylation is 1. The number of para-hydroxylation sites is 1. The molecule has 20 heavy (non-hydrogen) atoms. The van der Waals surface area contributed by atoms with E-state index >= 15 is 0 Å². The standard InChI is InChI=1S/C15H19FN4/c1-4-17-14-10-15(19-11(3)18-14)20(5-2)13-9-7-6-8-12(13)16/h6-10H,4-5H2,1-3H3,(H,17,18,19). The van der Waals surface area contributed by atoms with Crippen LogP contribution in [0.4, 0.5) is 21.7 Å². The van der Waals surface area contributed by atoms with E-state index in [2.05, 4.69) is 15.3 Å². The summed E-state index contributed by atoms with van der Waals surface area (Å²) in [6.45, 7) is 7.21. The predicted molar refractivity (Wildman–Crippen MR) is 80.0 cm³/mol. The van der Waals surface area contributed by atoms with Gasteiger partial charge < -0.3 is 10.2 Å². The number of nitrogens with zero attached hydrogens (tertiary/aromatic N) is 3. The molecule has 1 aromatic heterocycles. The van der Waals surface area contributed by atoms with Crippen LogP contribution >= 0.6 is 0 Å². The Balaban J connectivity index is 2.44. The van der Waals surface area contributed by atoms with Crippen LogP contribution in [0, 0.1) is 12.7 Å². The predicted octanol–water partition coefficient (Wildman–Crippen LogP) is 3.51. The van der Waals surface area contributed by atoms with Crippen molar-refractivity contribution < 1.29 is 4.39 Å². The molecule has 0 saturated carbocycles. The number of benzene rings is 1. The molecule has 1 N–H and O–H groups in total. The lowest BCUT2D eigenvalue weighted by molar-refractivity contribution is 0.625. The van der Waals surface area contributed by atoms with E-state index in [0.717, 1.165) is 12.4 Å². The smallest absolute Gasteiger partial charge is 0.146 e. The monoisotopic (exact) mass is 274 g/mol. The van der Waals surface area contributed by atoms with Gasteiger partial charge in [0.2, 0.25) is 0 Å². The van der Waals surface area contributed by atoms with Crippen LogP contribution in [-0.2, 0) is 0 Å². The lowest BCUT2D eigenvalue weighted by Gasteiger charge is -2.23. The molecule has 5 heteroatoms. The Morgan fingerprint density at radius 3 is 2.60 bits per heavy atom. The Morgan fingerprint density at radius 2 is 1.95 bits per heavy atom. The van der Waals surface area contributed by atoms with Gasteiger partial charge in [-0.05, 0) is 32.9 Å². The maximum absolute atomic E-state index is 14.0. The maximum Gasteiger partial charge on any atom is 0.146 e. The highest BCUT2D eigenvalue weighted by Gasteiger charge is 2.14. The Hall–Kier alpha value is -2.17. The number of nitrogens with one attached hydrogen (secondary N) is 1. The Labute approximate surface area is 118 Å². The first kappa shape index (κ1) is 14.2. The zero-order valence-electron chi connectivity index (χ0n) is 12.0. The summed E-state index contributed by atoms with van der Waals surface area (Å²) in [6, 6.07) is 8.55. The molecule has 1 heterocycles. The molecule has 0 amide bonds. The van der Waals surface area contributed by atoms with Gasteiger partial charge in [-0.1, -0.05) is 12.1 Å². The topological polar surface area (TPSA) is 41.0 Å². The Kier molecular flexibility index (Phi) is 4.50. The van der Waals surface area contributed by atoms with E-state index in [-0.39, 0.29) is 5.82 Å². The van der Waals surface area contributed by atoms with Crippen molar-refractivity contribution in [1.82, 2.24) is 9.97 Å². The third-order valence-electron chi connectivity index (χ3n) is 2.92. The summed E-state index contributed by atoms with van der Waals surface area (Å²) >= 11 is 0. The highest BCUT2D eigenvalue weighted by atomic mass is 19.1. The van der Waals surface area contributed by atoms with Gasteiger partial charge in [0.1, 0.15) is 23.3 Å². The summed E-state index contributed by atoms with van der Waals surface area (Å²) in [5.74, 6) is 1.86. The summed E-state index contributed by atoms with van der Waals surface area (Å²) in [5, 5.41) is 3.16. The van der Waals surface area contributed by atoms with E-state index in [9.17, 15) is 4.39 Å². The average Bonchev–Trinajstić information content (AvgIpc) is 2.41. The minimum absolute atomic E-state index is 0.254. The third kappa shape index (κ3) is 3.04. The van der Waals surface area contributed by atoms with Gasteiger partial charge in [-0.25, -0.2) is 14.4 Å². The van der Waals surface area contributed by atoms with Gasteiger partial charge in [-0.15, -0.1) is 0 Å². The largest absolute Gasteiger partial charge is 0.370 e. The van der Waals surface area contributed by atoms with Crippen LogP contribution in [0.15, 0.2) is 30.3 Å². The van der Waals surface area contributed by atoms with E-state index < -0.39 is 0 Å². The van der Waals surface area contributed by atoms with E-state index in [0.29, 0.717) is 23.9 Å². The van der Waals surface area contributed by atoms with Gasteiger partial charge in [-0.2, -0.15) is 0 Å². The number of hydrogen-bond donors (Lipinski definition) is 1. The van der Waals surface area contributed by atoms with Crippen LogP contribution in [0.3, 0.4) is 0 Å². The molecule has 2 rings (SSSR count). The van der Waals surface area contributed by atoms with E-state index in [1.807, 2.05) is 37.8 Å². The lowest BCUT2D eigenvalue weighted by Crippen LogP contribution is -2.19. The molecule has 0 radical (unpaired) electrons.